The maximum atomic E-state index is 14.1. The number of anilines is 1. The molecule has 0 aliphatic rings. The van der Waals surface area contributed by atoms with Gasteiger partial charge in [-0.05, 0) is 48.0 Å². The second-order valence-electron chi connectivity index (χ2n) is 8.89. The number of ether oxygens (including phenoxy) is 5. The zero-order chi connectivity index (χ0) is 29.8. The molecule has 42 heavy (non-hydrogen) atoms. The molecule has 0 amide bonds. The Hall–Kier alpha value is -5.65. The Labute approximate surface area is 240 Å². The molecule has 0 saturated carbocycles. The van der Waals surface area contributed by atoms with Crippen LogP contribution in [0.15, 0.2) is 71.9 Å². The molecule has 5 aromatic rings. The van der Waals surface area contributed by atoms with Crippen molar-refractivity contribution >= 4 is 22.6 Å². The zero-order valence-corrected chi connectivity index (χ0v) is 23.3. The number of nitrogens with two attached hydrogens (primary N) is 1. The lowest BCUT2D eigenvalue weighted by Crippen LogP contribution is -2.27. The van der Waals surface area contributed by atoms with Gasteiger partial charge in [-0.3, -0.25) is 19.3 Å². The highest BCUT2D eigenvalue weighted by atomic mass is 16.5. The molecule has 0 aliphatic heterocycles. The molecule has 2 N–H and O–H groups in total. The number of hydrogen-bond acceptors (Lipinski definition) is 11. The summed E-state index contributed by atoms with van der Waals surface area (Å²) in [5, 5.41) is 0.369. The molecular formula is C30H27N5O7. The molecule has 0 spiro atoms. The van der Waals surface area contributed by atoms with Gasteiger partial charge < -0.3 is 29.4 Å². The molecule has 12 heteroatoms. The summed E-state index contributed by atoms with van der Waals surface area (Å²) >= 11 is 0. The van der Waals surface area contributed by atoms with Crippen LogP contribution in [0.4, 0.5) is 5.69 Å². The largest absolute Gasteiger partial charge is 0.493 e. The molecule has 3 heterocycles. The summed E-state index contributed by atoms with van der Waals surface area (Å²) in [6.45, 7) is 0.0818. The van der Waals surface area contributed by atoms with E-state index >= 15 is 0 Å². The zero-order valence-electron chi connectivity index (χ0n) is 23.3. The minimum atomic E-state index is -0.752. The third-order valence-corrected chi connectivity index (χ3v) is 6.47. The average molecular weight is 570 g/mol. The Morgan fingerprint density at radius 2 is 1.64 bits per heavy atom. The average Bonchev–Trinajstić information content (AvgIpc) is 3.03. The van der Waals surface area contributed by atoms with Crippen molar-refractivity contribution in [1.82, 2.24) is 19.5 Å². The van der Waals surface area contributed by atoms with E-state index in [1.165, 1.54) is 33.0 Å². The predicted octanol–water partition coefficient (Wildman–Crippen LogP) is 3.82. The van der Waals surface area contributed by atoms with Gasteiger partial charge in [-0.25, -0.2) is 9.78 Å². The number of carbonyl (C=O) groups is 1. The third kappa shape index (κ3) is 5.12. The smallest absolute Gasteiger partial charge is 0.355 e. The Kier molecular flexibility index (Phi) is 7.87. The normalized spacial score (nSPS) is 10.8. The second kappa shape index (κ2) is 11.8. The van der Waals surface area contributed by atoms with Crippen LogP contribution in [0, 0.1) is 0 Å². The lowest BCUT2D eigenvalue weighted by molar-refractivity contribution is 0.0591. The first kappa shape index (κ1) is 27.9. The number of pyridine rings is 2. The number of aromatic nitrogens is 4. The summed E-state index contributed by atoms with van der Waals surface area (Å²) in [7, 11) is 5.70. The molecule has 214 valence electrons. The summed E-state index contributed by atoms with van der Waals surface area (Å²) in [5.41, 5.74) is 7.61. The van der Waals surface area contributed by atoms with E-state index < -0.39 is 11.5 Å². The van der Waals surface area contributed by atoms with E-state index in [2.05, 4.69) is 15.0 Å². The van der Waals surface area contributed by atoms with Crippen molar-refractivity contribution in [2.24, 2.45) is 0 Å². The van der Waals surface area contributed by atoms with Gasteiger partial charge in [0.15, 0.2) is 11.5 Å². The summed E-state index contributed by atoms with van der Waals surface area (Å²) in [6, 6.07) is 13.1. The summed E-state index contributed by atoms with van der Waals surface area (Å²) in [4.78, 5) is 40.4. The van der Waals surface area contributed by atoms with Gasteiger partial charge in [-0.1, -0.05) is 0 Å². The quantitative estimate of drug-likeness (QED) is 0.204. The van der Waals surface area contributed by atoms with E-state index in [-0.39, 0.29) is 23.7 Å². The predicted molar refractivity (Wildman–Crippen MR) is 155 cm³/mol. The molecule has 2 aromatic carbocycles. The minimum absolute atomic E-state index is 0.0379. The molecule has 0 bridgehead atoms. The van der Waals surface area contributed by atoms with Crippen molar-refractivity contribution in [3.05, 3.63) is 88.9 Å². The van der Waals surface area contributed by atoms with Gasteiger partial charge in [0.25, 0.3) is 5.56 Å². The highest BCUT2D eigenvalue weighted by Gasteiger charge is 2.28. The molecule has 0 saturated heterocycles. The van der Waals surface area contributed by atoms with Gasteiger partial charge in [0.05, 0.1) is 40.3 Å². The molecule has 5 rings (SSSR count). The number of methoxy groups -OCH3 is 4. The van der Waals surface area contributed by atoms with Crippen LogP contribution in [0.5, 0.6) is 23.1 Å². The SMILES string of the molecule is COC(=O)c1c(-c2cc(OC)c(OC)c(OC)c2)c2ccc(OCc3cnccn3)nc2c(=O)n1-c1ccc(N)cc1. The van der Waals surface area contributed by atoms with Crippen LogP contribution in [0.3, 0.4) is 0 Å². The monoisotopic (exact) mass is 569 g/mol. The van der Waals surface area contributed by atoms with E-state index in [0.29, 0.717) is 50.8 Å². The number of rotatable bonds is 9. The fraction of sp³-hybridized carbons (Fsp3) is 0.167. The van der Waals surface area contributed by atoms with Crippen LogP contribution in [0.25, 0.3) is 27.7 Å². The Morgan fingerprint density at radius 1 is 0.929 bits per heavy atom. The number of esters is 1. The summed E-state index contributed by atoms with van der Waals surface area (Å²) in [6.07, 6.45) is 4.68. The van der Waals surface area contributed by atoms with Gasteiger partial charge in [0, 0.05) is 40.8 Å². The maximum Gasteiger partial charge on any atom is 0.355 e. The lowest BCUT2D eigenvalue weighted by Gasteiger charge is -2.20. The van der Waals surface area contributed by atoms with Crippen molar-refractivity contribution < 1.29 is 28.5 Å². The number of fused-ring (bicyclic) bond motifs is 1. The Bertz CT molecular complexity index is 1800. The van der Waals surface area contributed by atoms with Crippen LogP contribution in [0.2, 0.25) is 0 Å². The van der Waals surface area contributed by atoms with Gasteiger partial charge in [0.1, 0.15) is 17.8 Å². The van der Waals surface area contributed by atoms with Crippen LogP contribution >= 0.6 is 0 Å². The van der Waals surface area contributed by atoms with Crippen molar-refractivity contribution in [3.63, 3.8) is 0 Å². The van der Waals surface area contributed by atoms with Gasteiger partial charge in [0.2, 0.25) is 11.6 Å². The van der Waals surface area contributed by atoms with E-state index in [9.17, 15) is 9.59 Å². The Balaban J connectivity index is 1.85. The second-order valence-corrected chi connectivity index (χ2v) is 8.89. The number of carbonyl (C=O) groups excluding carboxylic acids is 1. The van der Waals surface area contributed by atoms with Crippen LogP contribution in [-0.2, 0) is 11.3 Å². The fourth-order valence-corrected chi connectivity index (χ4v) is 4.56. The molecular weight excluding hydrogens is 542 g/mol. The molecule has 0 radical (unpaired) electrons. The first-order valence-electron chi connectivity index (χ1n) is 12.6. The molecule has 0 unspecified atom stereocenters. The van der Waals surface area contributed by atoms with Gasteiger partial charge in [-0.15, -0.1) is 0 Å². The topological polar surface area (TPSA) is 150 Å². The maximum absolute atomic E-state index is 14.1. The number of nitrogen functional groups attached to an aromatic ring is 1. The standard InChI is InChI=1S/C30H27N5O7/c1-38-22-13-17(14-23(39-2)28(22)40-3)25-21-9-10-24(42-16-19-15-32-11-12-33-19)34-26(21)29(36)35(27(25)30(37)41-4)20-7-5-18(31)6-8-20/h5-15H,16,31H2,1-4H3. The fourth-order valence-electron chi connectivity index (χ4n) is 4.56. The molecule has 3 aromatic heterocycles. The first-order chi connectivity index (χ1) is 20.4. The highest BCUT2D eigenvalue weighted by Crippen LogP contribution is 2.43. The van der Waals surface area contributed by atoms with E-state index in [1.807, 2.05) is 0 Å². The van der Waals surface area contributed by atoms with E-state index in [4.69, 9.17) is 29.4 Å². The first-order valence-corrected chi connectivity index (χ1v) is 12.6. The third-order valence-electron chi connectivity index (χ3n) is 6.47. The minimum Gasteiger partial charge on any atom is -0.493 e. The van der Waals surface area contributed by atoms with E-state index in [0.717, 1.165) is 0 Å². The number of hydrogen-bond donors (Lipinski definition) is 1. The highest BCUT2D eigenvalue weighted by molar-refractivity contribution is 6.06. The molecule has 0 aliphatic carbocycles. The number of benzene rings is 2. The summed E-state index contributed by atoms with van der Waals surface area (Å²) in [5.74, 6) is 0.474. The Morgan fingerprint density at radius 3 is 2.24 bits per heavy atom. The molecule has 0 fully saturated rings. The summed E-state index contributed by atoms with van der Waals surface area (Å²) < 4.78 is 28.9. The van der Waals surface area contributed by atoms with Crippen molar-refractivity contribution in [2.75, 3.05) is 34.2 Å². The van der Waals surface area contributed by atoms with Crippen molar-refractivity contribution in [2.45, 2.75) is 6.61 Å². The van der Waals surface area contributed by atoms with E-state index in [1.54, 1.807) is 67.1 Å². The van der Waals surface area contributed by atoms with Crippen molar-refractivity contribution in [1.29, 1.82) is 0 Å². The van der Waals surface area contributed by atoms with Crippen LogP contribution < -0.4 is 30.2 Å². The van der Waals surface area contributed by atoms with Crippen LogP contribution in [0.1, 0.15) is 16.2 Å². The van der Waals surface area contributed by atoms with Crippen LogP contribution in [-0.4, -0.2) is 53.9 Å². The van der Waals surface area contributed by atoms with Gasteiger partial charge >= 0.3 is 5.97 Å². The molecule has 12 nitrogen and oxygen atoms in total. The molecule has 0 atom stereocenters. The lowest BCUT2D eigenvalue weighted by atomic mass is 9.97. The van der Waals surface area contributed by atoms with Crippen molar-refractivity contribution in [3.8, 4) is 39.9 Å². The number of nitrogens with zero attached hydrogens (tertiary/aromatic N) is 4. The van der Waals surface area contributed by atoms with Gasteiger partial charge in [-0.2, -0.15) is 0 Å².